The number of nitrogens with zero attached hydrogens (tertiary/aromatic N) is 4. The van der Waals surface area contributed by atoms with Crippen molar-refractivity contribution in [3.05, 3.63) is 138 Å². The first-order valence-electron chi connectivity index (χ1n) is 14.6. The number of para-hydroxylation sites is 4. The van der Waals surface area contributed by atoms with Gasteiger partial charge in [0, 0.05) is 18.5 Å². The third-order valence-electron chi connectivity index (χ3n) is 7.93. The number of hydrogen-bond acceptors (Lipinski definition) is 7. The Bertz CT molecular complexity index is 1910. The number of rotatable bonds is 8. The number of imidazole rings is 1. The molecule has 220 valence electrons. The molecule has 9 nitrogen and oxygen atoms in total. The highest BCUT2D eigenvalue weighted by Gasteiger charge is 2.32. The van der Waals surface area contributed by atoms with Gasteiger partial charge in [-0.15, -0.1) is 0 Å². The van der Waals surface area contributed by atoms with Gasteiger partial charge < -0.3 is 24.5 Å². The van der Waals surface area contributed by atoms with Crippen LogP contribution in [-0.4, -0.2) is 36.6 Å². The highest BCUT2D eigenvalue weighted by Crippen LogP contribution is 2.38. The summed E-state index contributed by atoms with van der Waals surface area (Å²) < 4.78 is 15.2. The zero-order chi connectivity index (χ0) is 29.9. The molecule has 0 saturated carbocycles. The highest BCUT2D eigenvalue weighted by molar-refractivity contribution is 5.93. The van der Waals surface area contributed by atoms with Crippen molar-refractivity contribution < 1.29 is 19.4 Å². The molecule has 3 heterocycles. The number of fused-ring (bicyclic) bond motifs is 2. The lowest BCUT2D eigenvalue weighted by atomic mass is 9.99. The van der Waals surface area contributed by atoms with E-state index in [9.17, 15) is 9.90 Å². The Balaban J connectivity index is 1.06. The van der Waals surface area contributed by atoms with E-state index >= 15 is 0 Å². The third kappa shape index (κ3) is 5.93. The molecular formula is C35H31N5O4. The minimum atomic E-state index is -0.581. The molecule has 1 saturated heterocycles. The number of aliphatic hydroxyl groups is 1. The highest BCUT2D eigenvalue weighted by atomic mass is 16.7. The number of nitrogens with one attached hydrogen (secondary N) is 1. The van der Waals surface area contributed by atoms with E-state index in [0.29, 0.717) is 25.0 Å². The Morgan fingerprint density at radius 1 is 0.818 bits per heavy atom. The van der Waals surface area contributed by atoms with Gasteiger partial charge in [-0.05, 0) is 41.0 Å². The van der Waals surface area contributed by atoms with Crippen LogP contribution in [0.1, 0.15) is 51.6 Å². The van der Waals surface area contributed by atoms with E-state index in [1.807, 2.05) is 97.3 Å². The summed E-state index contributed by atoms with van der Waals surface area (Å²) in [5.74, 6) is -0.281. The van der Waals surface area contributed by atoms with Gasteiger partial charge in [0.05, 0.1) is 60.0 Å². The second-order valence-electron chi connectivity index (χ2n) is 10.9. The predicted molar refractivity (Wildman–Crippen MR) is 165 cm³/mol. The van der Waals surface area contributed by atoms with Crippen LogP contribution in [0.2, 0.25) is 0 Å². The fourth-order valence-corrected chi connectivity index (χ4v) is 5.54. The van der Waals surface area contributed by atoms with Gasteiger partial charge in [-0.1, -0.05) is 72.8 Å². The molecule has 1 aliphatic heterocycles. The first-order valence-corrected chi connectivity index (χ1v) is 14.6. The van der Waals surface area contributed by atoms with E-state index in [1.165, 1.54) is 6.20 Å². The van der Waals surface area contributed by atoms with Crippen LogP contribution in [0.25, 0.3) is 22.1 Å². The number of aromatic nitrogens is 4. The van der Waals surface area contributed by atoms with Crippen LogP contribution in [0.4, 0.5) is 0 Å². The molecule has 0 spiro atoms. The largest absolute Gasteiger partial charge is 0.392 e. The zero-order valence-corrected chi connectivity index (χ0v) is 23.9. The maximum Gasteiger partial charge on any atom is 0.271 e. The van der Waals surface area contributed by atoms with Crippen LogP contribution in [0.15, 0.2) is 110 Å². The van der Waals surface area contributed by atoms with Crippen molar-refractivity contribution in [1.82, 2.24) is 24.8 Å². The van der Waals surface area contributed by atoms with Gasteiger partial charge in [0.1, 0.15) is 5.69 Å². The molecule has 1 amide bonds. The summed E-state index contributed by atoms with van der Waals surface area (Å²) in [4.78, 5) is 26.1. The Kier molecular flexibility index (Phi) is 7.81. The second kappa shape index (κ2) is 12.3. The van der Waals surface area contributed by atoms with E-state index < -0.39 is 6.29 Å². The summed E-state index contributed by atoms with van der Waals surface area (Å²) in [5, 5.41) is 12.4. The maximum absolute atomic E-state index is 12.8. The minimum Gasteiger partial charge on any atom is -0.392 e. The van der Waals surface area contributed by atoms with Gasteiger partial charge in [0.2, 0.25) is 0 Å². The van der Waals surface area contributed by atoms with E-state index in [0.717, 1.165) is 38.8 Å². The minimum absolute atomic E-state index is 0.00364. The molecule has 1 aliphatic rings. The van der Waals surface area contributed by atoms with Crippen LogP contribution in [-0.2, 0) is 29.2 Å². The predicted octanol–water partition coefficient (Wildman–Crippen LogP) is 5.65. The van der Waals surface area contributed by atoms with Crippen molar-refractivity contribution >= 4 is 28.0 Å². The lowest BCUT2D eigenvalue weighted by Crippen LogP contribution is -2.32. The van der Waals surface area contributed by atoms with Gasteiger partial charge >= 0.3 is 0 Å². The lowest BCUT2D eigenvalue weighted by Gasteiger charge is -2.36. The number of amides is 1. The van der Waals surface area contributed by atoms with E-state index in [2.05, 4.69) is 30.9 Å². The lowest BCUT2D eigenvalue weighted by molar-refractivity contribution is -0.252. The van der Waals surface area contributed by atoms with Gasteiger partial charge in [-0.3, -0.25) is 9.78 Å². The molecule has 6 aromatic rings. The monoisotopic (exact) mass is 585 g/mol. The second-order valence-corrected chi connectivity index (χ2v) is 10.9. The molecule has 4 aromatic carbocycles. The Morgan fingerprint density at radius 3 is 2.32 bits per heavy atom. The van der Waals surface area contributed by atoms with Crippen molar-refractivity contribution in [2.75, 3.05) is 0 Å². The van der Waals surface area contributed by atoms with Crippen molar-refractivity contribution in [2.24, 2.45) is 0 Å². The Labute approximate surface area is 254 Å². The van der Waals surface area contributed by atoms with Crippen LogP contribution in [0.3, 0.4) is 0 Å². The van der Waals surface area contributed by atoms with Crippen LogP contribution in [0.5, 0.6) is 0 Å². The summed E-state index contributed by atoms with van der Waals surface area (Å²) in [7, 11) is 0. The summed E-state index contributed by atoms with van der Waals surface area (Å²) in [6.07, 6.45) is 3.12. The SMILES string of the molecule is O=C(NCc1ccc(C2OC(Cn3cnc4ccccc43)CC(c3ccc(CO)cc3)O2)cc1)c1cnc2ccccc2n1. The first-order chi connectivity index (χ1) is 21.6. The van der Waals surface area contributed by atoms with Gasteiger partial charge in [0.15, 0.2) is 6.29 Å². The summed E-state index contributed by atoms with van der Waals surface area (Å²) in [5.41, 5.74) is 7.42. The average molecular weight is 586 g/mol. The molecule has 2 N–H and O–H groups in total. The van der Waals surface area contributed by atoms with E-state index in [4.69, 9.17) is 9.47 Å². The number of aliphatic hydroxyl groups excluding tert-OH is 1. The molecule has 2 aromatic heterocycles. The van der Waals surface area contributed by atoms with Crippen molar-refractivity contribution in [3.63, 3.8) is 0 Å². The molecule has 3 atom stereocenters. The molecule has 7 rings (SSSR count). The maximum atomic E-state index is 12.8. The Morgan fingerprint density at radius 2 is 1.52 bits per heavy atom. The normalized spacial score (nSPS) is 18.4. The Hall–Kier alpha value is -4.96. The van der Waals surface area contributed by atoms with Crippen LogP contribution < -0.4 is 5.32 Å². The van der Waals surface area contributed by atoms with Crippen LogP contribution >= 0.6 is 0 Å². The number of benzene rings is 4. The number of hydrogen-bond donors (Lipinski definition) is 2. The van der Waals surface area contributed by atoms with Gasteiger partial charge in [-0.2, -0.15) is 0 Å². The molecule has 3 unspecified atom stereocenters. The van der Waals surface area contributed by atoms with Crippen molar-refractivity contribution in [3.8, 4) is 0 Å². The average Bonchev–Trinajstić information content (AvgIpc) is 3.49. The number of ether oxygens (including phenoxy) is 2. The van der Waals surface area contributed by atoms with Gasteiger partial charge in [0.25, 0.3) is 5.91 Å². The van der Waals surface area contributed by atoms with E-state index in [1.54, 1.807) is 0 Å². The number of carbonyl (C=O) groups is 1. The third-order valence-corrected chi connectivity index (χ3v) is 7.93. The summed E-state index contributed by atoms with van der Waals surface area (Å²) in [6.45, 7) is 0.972. The van der Waals surface area contributed by atoms with E-state index in [-0.39, 0.29) is 30.4 Å². The summed E-state index contributed by atoms with van der Waals surface area (Å²) >= 11 is 0. The fourth-order valence-electron chi connectivity index (χ4n) is 5.54. The quantitative estimate of drug-likeness (QED) is 0.238. The molecule has 1 fully saturated rings. The van der Waals surface area contributed by atoms with Crippen LogP contribution in [0, 0.1) is 0 Å². The van der Waals surface area contributed by atoms with Gasteiger partial charge in [-0.25, -0.2) is 9.97 Å². The van der Waals surface area contributed by atoms with Crippen molar-refractivity contribution in [1.29, 1.82) is 0 Å². The van der Waals surface area contributed by atoms with Crippen molar-refractivity contribution in [2.45, 2.75) is 44.6 Å². The molecule has 44 heavy (non-hydrogen) atoms. The smallest absolute Gasteiger partial charge is 0.271 e. The summed E-state index contributed by atoms with van der Waals surface area (Å²) in [6, 6.07) is 31.3. The molecule has 9 heteroatoms. The zero-order valence-electron chi connectivity index (χ0n) is 23.9. The number of carbonyl (C=O) groups excluding carboxylic acids is 1. The molecule has 0 radical (unpaired) electrons. The molecular weight excluding hydrogens is 554 g/mol. The molecule has 0 aliphatic carbocycles. The fraction of sp³-hybridized carbons (Fsp3) is 0.200. The standard InChI is InChI=1S/C35H31N5O4/c41-21-24-11-13-25(14-12-24)33-17-27(20-40-22-38-30-7-3-4-8-32(30)40)43-35(44-33)26-15-9-23(10-16-26)18-37-34(42)31-19-36-28-5-1-2-6-29(28)39-31/h1-16,19,22,27,33,35,41H,17-18,20-21H2,(H,37,42). The first kappa shape index (κ1) is 27.8. The molecule has 0 bridgehead atoms. The topological polar surface area (TPSA) is 111 Å².